The molecule has 0 saturated heterocycles. The number of benzene rings is 1. The minimum absolute atomic E-state index is 0.0496. The maximum absolute atomic E-state index is 14.5. The number of rotatable bonds is 5. The van der Waals surface area contributed by atoms with Crippen LogP contribution in [0.25, 0.3) is 11.0 Å². The summed E-state index contributed by atoms with van der Waals surface area (Å²) < 4.78 is 33.2. The first kappa shape index (κ1) is 19.9. The number of carbonyl (C=O) groups excluding carboxylic acids is 2. The Hall–Kier alpha value is -4.41. The number of hydrogen-bond acceptors (Lipinski definition) is 6. The quantitative estimate of drug-likeness (QED) is 0.424. The second kappa shape index (κ2) is 8.14. The van der Waals surface area contributed by atoms with Gasteiger partial charge in [-0.05, 0) is 30.3 Å². The SMILES string of the molecule is CNC(=O)c1cc(Oc2ccc(NC(=O)c3[nH]nc4nc(F)ccc34)cc2F)ccn1. The predicted octanol–water partition coefficient (Wildman–Crippen LogP) is 3.04. The molecule has 4 aromatic rings. The van der Waals surface area contributed by atoms with E-state index in [4.69, 9.17) is 4.74 Å². The monoisotopic (exact) mass is 424 g/mol. The maximum Gasteiger partial charge on any atom is 0.274 e. The van der Waals surface area contributed by atoms with Crippen LogP contribution < -0.4 is 15.4 Å². The largest absolute Gasteiger partial charge is 0.454 e. The van der Waals surface area contributed by atoms with Crippen LogP contribution in [0.3, 0.4) is 0 Å². The van der Waals surface area contributed by atoms with E-state index in [1.54, 1.807) is 0 Å². The molecule has 0 spiro atoms. The summed E-state index contributed by atoms with van der Waals surface area (Å²) >= 11 is 0. The number of nitrogens with zero attached hydrogens (tertiary/aromatic N) is 3. The predicted molar refractivity (Wildman–Crippen MR) is 106 cm³/mol. The average molecular weight is 424 g/mol. The Balaban J connectivity index is 1.51. The van der Waals surface area contributed by atoms with E-state index in [2.05, 4.69) is 30.8 Å². The molecule has 0 aliphatic rings. The lowest BCUT2D eigenvalue weighted by Gasteiger charge is -2.10. The highest BCUT2D eigenvalue weighted by Gasteiger charge is 2.16. The summed E-state index contributed by atoms with van der Waals surface area (Å²) in [4.78, 5) is 31.6. The van der Waals surface area contributed by atoms with Crippen molar-refractivity contribution in [2.75, 3.05) is 12.4 Å². The molecule has 3 N–H and O–H groups in total. The summed E-state index contributed by atoms with van der Waals surface area (Å²) in [6, 6.07) is 9.16. The number of halogens is 2. The fraction of sp³-hybridized carbons (Fsp3) is 0.0500. The zero-order valence-electron chi connectivity index (χ0n) is 15.9. The molecule has 3 aromatic heterocycles. The van der Waals surface area contributed by atoms with Crippen LogP contribution in [0.4, 0.5) is 14.5 Å². The van der Waals surface area contributed by atoms with Gasteiger partial charge >= 0.3 is 0 Å². The summed E-state index contributed by atoms with van der Waals surface area (Å²) in [6.45, 7) is 0. The lowest BCUT2D eigenvalue weighted by molar-refractivity contribution is 0.0957. The molecule has 0 radical (unpaired) electrons. The van der Waals surface area contributed by atoms with E-state index in [0.29, 0.717) is 5.39 Å². The molecule has 11 heteroatoms. The molecule has 0 aliphatic heterocycles. The Labute approximate surface area is 173 Å². The molecule has 0 unspecified atom stereocenters. The van der Waals surface area contributed by atoms with Gasteiger partial charge in [0.15, 0.2) is 17.2 Å². The number of hydrogen-bond donors (Lipinski definition) is 3. The van der Waals surface area contributed by atoms with Crippen molar-refractivity contribution in [3.63, 3.8) is 0 Å². The van der Waals surface area contributed by atoms with Crippen molar-refractivity contribution in [2.45, 2.75) is 0 Å². The number of amides is 2. The Morgan fingerprint density at radius 2 is 1.90 bits per heavy atom. The highest BCUT2D eigenvalue weighted by molar-refractivity contribution is 6.10. The smallest absolute Gasteiger partial charge is 0.274 e. The molecule has 3 heterocycles. The fourth-order valence-electron chi connectivity index (χ4n) is 2.76. The van der Waals surface area contributed by atoms with Crippen LogP contribution in [-0.2, 0) is 0 Å². The van der Waals surface area contributed by atoms with E-state index in [1.165, 1.54) is 43.6 Å². The molecule has 0 bridgehead atoms. The summed E-state index contributed by atoms with van der Waals surface area (Å²) in [5, 5.41) is 11.6. The molecular formula is C20H14F2N6O3. The third kappa shape index (κ3) is 4.15. The third-order valence-corrected chi connectivity index (χ3v) is 4.22. The average Bonchev–Trinajstić information content (AvgIpc) is 3.18. The number of aromatic amines is 1. The second-order valence-electron chi connectivity index (χ2n) is 6.26. The molecule has 31 heavy (non-hydrogen) atoms. The van der Waals surface area contributed by atoms with Gasteiger partial charge in [0.25, 0.3) is 11.8 Å². The van der Waals surface area contributed by atoms with E-state index in [1.807, 2.05) is 0 Å². The normalized spacial score (nSPS) is 10.7. The number of carbonyl (C=O) groups is 2. The van der Waals surface area contributed by atoms with Crippen LogP contribution >= 0.6 is 0 Å². The van der Waals surface area contributed by atoms with Crippen LogP contribution in [0.5, 0.6) is 11.5 Å². The van der Waals surface area contributed by atoms with E-state index in [0.717, 1.165) is 12.1 Å². The number of H-pyrrole nitrogens is 1. The van der Waals surface area contributed by atoms with Crippen molar-refractivity contribution in [3.05, 3.63) is 71.8 Å². The van der Waals surface area contributed by atoms with E-state index < -0.39 is 23.6 Å². The number of aromatic nitrogens is 4. The van der Waals surface area contributed by atoms with Crippen molar-refractivity contribution in [2.24, 2.45) is 0 Å². The minimum atomic E-state index is -0.741. The fourth-order valence-corrected chi connectivity index (χ4v) is 2.76. The van der Waals surface area contributed by atoms with Crippen molar-refractivity contribution in [1.29, 1.82) is 0 Å². The van der Waals surface area contributed by atoms with Crippen molar-refractivity contribution in [3.8, 4) is 11.5 Å². The lowest BCUT2D eigenvalue weighted by atomic mass is 10.2. The van der Waals surface area contributed by atoms with Gasteiger partial charge in [0.05, 0.1) is 5.39 Å². The van der Waals surface area contributed by atoms with Gasteiger partial charge in [0.1, 0.15) is 17.1 Å². The number of ether oxygens (including phenoxy) is 1. The van der Waals surface area contributed by atoms with E-state index >= 15 is 0 Å². The van der Waals surface area contributed by atoms with Gasteiger partial charge < -0.3 is 15.4 Å². The molecule has 0 fully saturated rings. The van der Waals surface area contributed by atoms with Gasteiger partial charge in [-0.1, -0.05) is 0 Å². The van der Waals surface area contributed by atoms with Gasteiger partial charge in [-0.3, -0.25) is 19.7 Å². The summed E-state index contributed by atoms with van der Waals surface area (Å²) in [5.74, 6) is -2.37. The van der Waals surface area contributed by atoms with Crippen LogP contribution in [-0.4, -0.2) is 39.0 Å². The first-order valence-electron chi connectivity index (χ1n) is 8.92. The highest BCUT2D eigenvalue weighted by Crippen LogP contribution is 2.27. The third-order valence-electron chi connectivity index (χ3n) is 4.22. The lowest BCUT2D eigenvalue weighted by Crippen LogP contribution is -2.18. The highest BCUT2D eigenvalue weighted by atomic mass is 19.1. The van der Waals surface area contributed by atoms with Gasteiger partial charge in [0.2, 0.25) is 5.95 Å². The van der Waals surface area contributed by atoms with E-state index in [9.17, 15) is 18.4 Å². The maximum atomic E-state index is 14.5. The van der Waals surface area contributed by atoms with Crippen LogP contribution in [0, 0.1) is 11.8 Å². The van der Waals surface area contributed by atoms with Gasteiger partial charge in [-0.25, -0.2) is 4.39 Å². The van der Waals surface area contributed by atoms with Crippen molar-refractivity contribution >= 4 is 28.5 Å². The first-order valence-corrected chi connectivity index (χ1v) is 8.92. The van der Waals surface area contributed by atoms with Gasteiger partial charge in [0, 0.05) is 31.1 Å². The zero-order chi connectivity index (χ0) is 22.0. The number of anilines is 1. The number of pyridine rings is 2. The molecule has 156 valence electrons. The molecular weight excluding hydrogens is 410 g/mol. The Morgan fingerprint density at radius 3 is 2.68 bits per heavy atom. The topological polar surface area (TPSA) is 122 Å². The summed E-state index contributed by atoms with van der Waals surface area (Å²) in [7, 11) is 1.46. The Kier molecular flexibility index (Phi) is 5.22. The Morgan fingerprint density at radius 1 is 1.06 bits per heavy atom. The molecule has 1 aromatic carbocycles. The minimum Gasteiger partial charge on any atom is -0.454 e. The van der Waals surface area contributed by atoms with Crippen LogP contribution in [0.1, 0.15) is 21.0 Å². The van der Waals surface area contributed by atoms with Crippen molar-refractivity contribution < 1.29 is 23.1 Å². The van der Waals surface area contributed by atoms with Gasteiger partial charge in [-0.2, -0.15) is 14.5 Å². The molecule has 0 aliphatic carbocycles. The molecule has 0 saturated carbocycles. The van der Waals surface area contributed by atoms with Gasteiger partial charge in [-0.15, -0.1) is 0 Å². The van der Waals surface area contributed by atoms with E-state index in [-0.39, 0.29) is 34.2 Å². The molecule has 4 rings (SSSR count). The van der Waals surface area contributed by atoms with Crippen LogP contribution in [0.2, 0.25) is 0 Å². The summed E-state index contributed by atoms with van der Waals surface area (Å²) in [6.07, 6.45) is 1.36. The van der Waals surface area contributed by atoms with Crippen molar-refractivity contribution in [1.82, 2.24) is 25.5 Å². The second-order valence-corrected chi connectivity index (χ2v) is 6.26. The molecule has 9 nitrogen and oxygen atoms in total. The first-order chi connectivity index (χ1) is 14.9. The Bertz CT molecular complexity index is 1310. The zero-order valence-corrected chi connectivity index (χ0v) is 15.9. The number of nitrogens with one attached hydrogen (secondary N) is 3. The number of fused-ring (bicyclic) bond motifs is 1. The molecule has 0 atom stereocenters. The standard InChI is InChI=1S/C20H14F2N6O3/c1-23-19(29)14-9-11(6-7-24-14)31-15-4-2-10(8-13(15)21)25-20(30)17-12-3-5-16(22)26-18(12)28-27-17/h2-9H,1H3,(H,23,29)(H,25,30)(H,26,27,28). The van der Waals surface area contributed by atoms with Crippen LogP contribution in [0.15, 0.2) is 48.7 Å². The summed E-state index contributed by atoms with van der Waals surface area (Å²) in [5.41, 5.74) is 0.384. The molecule has 2 amide bonds.